The summed E-state index contributed by atoms with van der Waals surface area (Å²) in [5.41, 5.74) is 0. The van der Waals surface area contributed by atoms with E-state index in [0.717, 1.165) is 4.90 Å². The fourth-order valence-corrected chi connectivity index (χ4v) is 2.08. The smallest absolute Gasteiger partial charge is 0.401 e. The quantitative estimate of drug-likeness (QED) is 0.813. The second kappa shape index (κ2) is 5.68. The summed E-state index contributed by atoms with van der Waals surface area (Å²) in [5, 5.41) is 8.64. The van der Waals surface area contributed by atoms with Crippen LogP contribution in [-0.2, 0) is 4.79 Å². The highest BCUT2D eigenvalue weighted by molar-refractivity contribution is 5.69. The maximum absolute atomic E-state index is 12.3. The highest BCUT2D eigenvalue weighted by Gasteiger charge is 2.35. The highest BCUT2D eigenvalue weighted by Crippen LogP contribution is 2.22. The van der Waals surface area contributed by atoms with E-state index in [4.69, 9.17) is 5.11 Å². The van der Waals surface area contributed by atoms with E-state index in [1.165, 1.54) is 0 Å². The van der Waals surface area contributed by atoms with E-state index in [1.807, 2.05) is 11.9 Å². The molecular formula is C10H17F3N2O2. The summed E-state index contributed by atoms with van der Waals surface area (Å²) in [6.07, 6.45) is -3.18. The molecule has 1 fully saturated rings. The number of nitrogens with zero attached hydrogens (tertiary/aromatic N) is 2. The Morgan fingerprint density at radius 2 is 1.94 bits per heavy atom. The van der Waals surface area contributed by atoms with Crippen molar-refractivity contribution in [2.75, 3.05) is 33.2 Å². The molecule has 1 N–H and O–H groups in total. The molecule has 100 valence electrons. The molecule has 0 unspecified atom stereocenters. The number of carbonyl (C=O) groups is 1. The maximum atomic E-state index is 12.3. The van der Waals surface area contributed by atoms with Gasteiger partial charge in [0.25, 0.3) is 0 Å². The minimum Gasteiger partial charge on any atom is -0.480 e. The summed E-state index contributed by atoms with van der Waals surface area (Å²) < 4.78 is 37.0. The monoisotopic (exact) mass is 254 g/mol. The summed E-state index contributed by atoms with van der Waals surface area (Å²) in [4.78, 5) is 13.6. The van der Waals surface area contributed by atoms with Crippen LogP contribution in [0.2, 0.25) is 0 Å². The zero-order chi connectivity index (χ0) is 13.1. The van der Waals surface area contributed by atoms with Crippen molar-refractivity contribution in [3.05, 3.63) is 0 Å². The molecule has 0 spiro atoms. The SMILES string of the molecule is CN1CCC(N(CC(=O)O)CC(F)(F)F)CC1. The minimum absolute atomic E-state index is 0.288. The molecular weight excluding hydrogens is 237 g/mol. The first-order valence-electron chi connectivity index (χ1n) is 5.49. The summed E-state index contributed by atoms with van der Waals surface area (Å²) in [7, 11) is 1.90. The molecule has 0 aromatic heterocycles. The van der Waals surface area contributed by atoms with E-state index in [9.17, 15) is 18.0 Å². The lowest BCUT2D eigenvalue weighted by molar-refractivity contribution is -0.159. The third-order valence-corrected chi connectivity index (χ3v) is 2.93. The molecule has 0 bridgehead atoms. The van der Waals surface area contributed by atoms with Crippen LogP contribution in [-0.4, -0.2) is 66.3 Å². The minimum atomic E-state index is -4.35. The lowest BCUT2D eigenvalue weighted by Gasteiger charge is -2.36. The van der Waals surface area contributed by atoms with Crippen molar-refractivity contribution in [3.63, 3.8) is 0 Å². The molecule has 0 amide bonds. The van der Waals surface area contributed by atoms with E-state index < -0.39 is 25.2 Å². The molecule has 1 heterocycles. The molecule has 0 aromatic rings. The van der Waals surface area contributed by atoms with Gasteiger partial charge in [-0.3, -0.25) is 9.69 Å². The Morgan fingerprint density at radius 1 is 1.41 bits per heavy atom. The molecule has 0 radical (unpaired) electrons. The van der Waals surface area contributed by atoms with Crippen molar-refractivity contribution < 1.29 is 23.1 Å². The zero-order valence-electron chi connectivity index (χ0n) is 9.70. The molecule has 1 aliphatic heterocycles. The Balaban J connectivity index is 2.59. The van der Waals surface area contributed by atoms with Crippen molar-refractivity contribution in [2.45, 2.75) is 25.1 Å². The van der Waals surface area contributed by atoms with Gasteiger partial charge >= 0.3 is 12.1 Å². The van der Waals surface area contributed by atoms with E-state index in [2.05, 4.69) is 0 Å². The number of carboxylic acid groups (broad SMARTS) is 1. The van der Waals surface area contributed by atoms with Crippen LogP contribution in [0.25, 0.3) is 0 Å². The van der Waals surface area contributed by atoms with Gasteiger partial charge in [0.05, 0.1) is 13.1 Å². The highest BCUT2D eigenvalue weighted by atomic mass is 19.4. The van der Waals surface area contributed by atoms with E-state index in [1.54, 1.807) is 0 Å². The second-order valence-corrected chi connectivity index (χ2v) is 4.45. The third kappa shape index (κ3) is 5.36. The van der Waals surface area contributed by atoms with Gasteiger partial charge in [-0.2, -0.15) is 13.2 Å². The van der Waals surface area contributed by atoms with Crippen molar-refractivity contribution in [2.24, 2.45) is 0 Å². The molecule has 1 saturated heterocycles. The molecule has 0 aromatic carbocycles. The number of rotatable bonds is 4. The van der Waals surface area contributed by atoms with Crippen LogP contribution in [0.1, 0.15) is 12.8 Å². The molecule has 0 atom stereocenters. The third-order valence-electron chi connectivity index (χ3n) is 2.93. The number of piperidine rings is 1. The number of alkyl halides is 3. The summed E-state index contributed by atoms with van der Waals surface area (Å²) in [6.45, 7) is -0.279. The number of aliphatic carboxylic acids is 1. The lowest BCUT2D eigenvalue weighted by atomic mass is 10.0. The van der Waals surface area contributed by atoms with Crippen LogP contribution in [0.15, 0.2) is 0 Å². The Labute approximate surface area is 98.0 Å². The van der Waals surface area contributed by atoms with Gasteiger partial charge in [-0.25, -0.2) is 0 Å². The molecule has 1 aliphatic rings. The van der Waals surface area contributed by atoms with E-state index in [0.29, 0.717) is 25.9 Å². The fraction of sp³-hybridized carbons (Fsp3) is 0.900. The number of hydrogen-bond acceptors (Lipinski definition) is 3. The second-order valence-electron chi connectivity index (χ2n) is 4.45. The lowest BCUT2D eigenvalue weighted by Crippen LogP contribution is -2.49. The van der Waals surface area contributed by atoms with Crippen LogP contribution < -0.4 is 0 Å². The molecule has 1 rings (SSSR count). The molecule has 4 nitrogen and oxygen atoms in total. The standard InChI is InChI=1S/C10H17F3N2O2/c1-14-4-2-8(3-5-14)15(6-9(16)17)7-10(11,12)13/h8H,2-7H2,1H3,(H,16,17). The molecule has 17 heavy (non-hydrogen) atoms. The number of likely N-dealkylation sites (tertiary alicyclic amines) is 1. The molecule has 0 saturated carbocycles. The van der Waals surface area contributed by atoms with Crippen molar-refractivity contribution in [1.29, 1.82) is 0 Å². The van der Waals surface area contributed by atoms with E-state index in [-0.39, 0.29) is 6.04 Å². The molecule has 0 aliphatic carbocycles. The number of hydrogen-bond donors (Lipinski definition) is 1. The Kier molecular flexibility index (Phi) is 4.76. The van der Waals surface area contributed by atoms with Gasteiger partial charge < -0.3 is 10.0 Å². The Morgan fingerprint density at radius 3 is 2.35 bits per heavy atom. The van der Waals surface area contributed by atoms with E-state index >= 15 is 0 Å². The summed E-state index contributed by atoms with van der Waals surface area (Å²) >= 11 is 0. The van der Waals surface area contributed by atoms with Gasteiger partial charge in [0.15, 0.2) is 0 Å². The normalized spacial score (nSPS) is 19.8. The van der Waals surface area contributed by atoms with Crippen molar-refractivity contribution >= 4 is 5.97 Å². The predicted molar refractivity (Wildman–Crippen MR) is 55.8 cm³/mol. The topological polar surface area (TPSA) is 43.8 Å². The average molecular weight is 254 g/mol. The van der Waals surface area contributed by atoms with Gasteiger partial charge in [0.1, 0.15) is 0 Å². The summed E-state index contributed by atoms with van der Waals surface area (Å²) in [5.74, 6) is -1.21. The summed E-state index contributed by atoms with van der Waals surface area (Å²) in [6, 6.07) is -0.288. The average Bonchev–Trinajstić information content (AvgIpc) is 2.14. The predicted octanol–water partition coefficient (Wildman–Crippen LogP) is 1.03. The van der Waals surface area contributed by atoms with Crippen LogP contribution in [0.5, 0.6) is 0 Å². The van der Waals surface area contributed by atoms with Gasteiger partial charge in [-0.15, -0.1) is 0 Å². The van der Waals surface area contributed by atoms with Crippen LogP contribution in [0.3, 0.4) is 0 Å². The first kappa shape index (κ1) is 14.2. The van der Waals surface area contributed by atoms with Gasteiger partial charge in [0.2, 0.25) is 0 Å². The van der Waals surface area contributed by atoms with Gasteiger partial charge in [-0.05, 0) is 33.0 Å². The Bertz CT molecular complexity index is 263. The van der Waals surface area contributed by atoms with Gasteiger partial charge in [-0.1, -0.05) is 0 Å². The first-order valence-corrected chi connectivity index (χ1v) is 5.49. The zero-order valence-corrected chi connectivity index (χ0v) is 9.70. The number of carboxylic acids is 1. The maximum Gasteiger partial charge on any atom is 0.401 e. The van der Waals surface area contributed by atoms with Crippen molar-refractivity contribution in [3.8, 4) is 0 Å². The van der Waals surface area contributed by atoms with Crippen LogP contribution in [0, 0.1) is 0 Å². The van der Waals surface area contributed by atoms with Crippen LogP contribution >= 0.6 is 0 Å². The van der Waals surface area contributed by atoms with Gasteiger partial charge in [0, 0.05) is 6.04 Å². The molecule has 7 heteroatoms. The number of halogens is 3. The van der Waals surface area contributed by atoms with Crippen LogP contribution in [0.4, 0.5) is 13.2 Å². The Hall–Kier alpha value is -0.820. The van der Waals surface area contributed by atoms with Crippen molar-refractivity contribution in [1.82, 2.24) is 9.80 Å². The fourth-order valence-electron chi connectivity index (χ4n) is 2.08. The first-order chi connectivity index (χ1) is 7.78. The largest absolute Gasteiger partial charge is 0.480 e.